The topological polar surface area (TPSA) is 32.3 Å². The molecular weight excluding hydrogens is 272 g/mol. The van der Waals surface area contributed by atoms with E-state index in [2.05, 4.69) is 36.3 Å². The number of hydrogen-bond donors (Lipinski definition) is 1. The molecule has 1 aromatic carbocycles. The smallest absolute Gasteiger partial charge is 0.179 e. The maximum absolute atomic E-state index is 12.9. The van der Waals surface area contributed by atoms with Crippen LogP contribution in [0.3, 0.4) is 0 Å². The van der Waals surface area contributed by atoms with Crippen LogP contribution in [0.4, 0.5) is 5.69 Å². The summed E-state index contributed by atoms with van der Waals surface area (Å²) in [5, 5.41) is 3.41. The molecule has 3 nitrogen and oxygen atoms in total. The first-order valence-electron chi connectivity index (χ1n) is 8.80. The molecule has 1 unspecified atom stereocenters. The Morgan fingerprint density at radius 2 is 2.00 bits per heavy atom. The highest BCUT2D eigenvalue weighted by molar-refractivity contribution is 6.00. The van der Waals surface area contributed by atoms with Crippen LogP contribution in [0.15, 0.2) is 18.2 Å². The highest BCUT2D eigenvalue weighted by Gasteiger charge is 2.27. The standard InChI is InChI=1S/C19H28N2O/c1-14(21(2)17-8-4-3-5-9-17)19(22)16-10-11-18-15(13-16)7-6-12-20-18/h10-11,13-14,17,20H,3-9,12H2,1-2H3. The van der Waals surface area contributed by atoms with Gasteiger partial charge >= 0.3 is 0 Å². The molecular formula is C19H28N2O. The Bertz CT molecular complexity index is 534. The number of hydrogen-bond acceptors (Lipinski definition) is 3. The van der Waals surface area contributed by atoms with Crippen molar-refractivity contribution in [1.82, 2.24) is 4.90 Å². The van der Waals surface area contributed by atoms with Gasteiger partial charge in [-0.3, -0.25) is 9.69 Å². The molecule has 1 aromatic rings. The molecule has 0 saturated heterocycles. The van der Waals surface area contributed by atoms with Crippen LogP contribution in [0.1, 0.15) is 61.4 Å². The molecule has 1 aliphatic carbocycles. The summed E-state index contributed by atoms with van der Waals surface area (Å²) in [6.45, 7) is 3.11. The molecule has 3 heteroatoms. The van der Waals surface area contributed by atoms with Crippen molar-refractivity contribution in [2.75, 3.05) is 18.9 Å². The Hall–Kier alpha value is -1.35. The molecule has 0 amide bonds. The molecule has 1 heterocycles. The van der Waals surface area contributed by atoms with Crippen LogP contribution in [-0.4, -0.2) is 36.4 Å². The van der Waals surface area contributed by atoms with E-state index in [-0.39, 0.29) is 11.8 Å². The van der Waals surface area contributed by atoms with Crippen LogP contribution in [0, 0.1) is 0 Å². The molecule has 1 fully saturated rings. The first-order valence-corrected chi connectivity index (χ1v) is 8.80. The number of Topliss-reactive ketones (excluding diaryl/α,β-unsaturated/α-hetero) is 1. The summed E-state index contributed by atoms with van der Waals surface area (Å²) in [6.07, 6.45) is 8.67. The van der Waals surface area contributed by atoms with Gasteiger partial charge in [0.15, 0.2) is 5.78 Å². The summed E-state index contributed by atoms with van der Waals surface area (Å²) in [4.78, 5) is 15.2. The monoisotopic (exact) mass is 300 g/mol. The minimum Gasteiger partial charge on any atom is -0.385 e. The van der Waals surface area contributed by atoms with Crippen molar-refractivity contribution in [1.29, 1.82) is 0 Å². The largest absolute Gasteiger partial charge is 0.385 e. The molecule has 0 radical (unpaired) electrons. The summed E-state index contributed by atoms with van der Waals surface area (Å²) in [5.74, 6) is 0.265. The van der Waals surface area contributed by atoms with Gasteiger partial charge in [0.05, 0.1) is 6.04 Å². The van der Waals surface area contributed by atoms with Gasteiger partial charge in [0.25, 0.3) is 0 Å². The lowest BCUT2D eigenvalue weighted by molar-refractivity contribution is 0.0778. The molecule has 1 saturated carbocycles. The Morgan fingerprint density at radius 1 is 1.23 bits per heavy atom. The van der Waals surface area contributed by atoms with Crippen LogP contribution in [0.25, 0.3) is 0 Å². The van der Waals surface area contributed by atoms with Crippen LogP contribution in [0.2, 0.25) is 0 Å². The fraction of sp³-hybridized carbons (Fsp3) is 0.632. The van der Waals surface area contributed by atoms with Gasteiger partial charge in [0.2, 0.25) is 0 Å². The first kappa shape index (κ1) is 15.5. The lowest BCUT2D eigenvalue weighted by Crippen LogP contribution is -2.44. The van der Waals surface area contributed by atoms with Crippen LogP contribution < -0.4 is 5.32 Å². The lowest BCUT2D eigenvalue weighted by atomic mass is 9.92. The van der Waals surface area contributed by atoms with Crippen LogP contribution >= 0.6 is 0 Å². The summed E-state index contributed by atoms with van der Waals surface area (Å²) in [6, 6.07) is 6.72. The fourth-order valence-corrected chi connectivity index (χ4v) is 3.86. The van der Waals surface area contributed by atoms with Gasteiger partial charge in [0.1, 0.15) is 0 Å². The van der Waals surface area contributed by atoms with E-state index in [1.165, 1.54) is 43.4 Å². The van der Waals surface area contributed by atoms with E-state index in [4.69, 9.17) is 0 Å². The second-order valence-electron chi connectivity index (χ2n) is 6.90. The van der Waals surface area contributed by atoms with E-state index >= 15 is 0 Å². The van der Waals surface area contributed by atoms with E-state index in [0.717, 1.165) is 24.9 Å². The quantitative estimate of drug-likeness (QED) is 0.856. The van der Waals surface area contributed by atoms with Crippen molar-refractivity contribution in [2.45, 2.75) is 64.0 Å². The Labute approximate surface area is 134 Å². The second-order valence-corrected chi connectivity index (χ2v) is 6.90. The summed E-state index contributed by atoms with van der Waals surface area (Å²) in [7, 11) is 2.12. The molecule has 0 aromatic heterocycles. The van der Waals surface area contributed by atoms with Gasteiger partial charge in [-0.05, 0) is 63.4 Å². The number of nitrogens with zero attached hydrogens (tertiary/aromatic N) is 1. The van der Waals surface area contributed by atoms with Gasteiger partial charge in [-0.15, -0.1) is 0 Å². The molecule has 120 valence electrons. The Balaban J connectivity index is 1.72. The summed E-state index contributed by atoms with van der Waals surface area (Å²) >= 11 is 0. The number of rotatable bonds is 4. The minimum atomic E-state index is -0.0299. The Morgan fingerprint density at radius 3 is 2.77 bits per heavy atom. The number of carbonyl (C=O) groups is 1. The number of likely N-dealkylation sites (N-methyl/N-ethyl adjacent to an activating group) is 1. The first-order chi connectivity index (χ1) is 10.7. The summed E-state index contributed by atoms with van der Waals surface area (Å²) in [5.41, 5.74) is 3.37. The van der Waals surface area contributed by atoms with Gasteiger partial charge in [-0.2, -0.15) is 0 Å². The molecule has 1 N–H and O–H groups in total. The molecule has 0 bridgehead atoms. The Kier molecular flexibility index (Phi) is 4.82. The molecule has 0 spiro atoms. The third-order valence-corrected chi connectivity index (χ3v) is 5.47. The van der Waals surface area contributed by atoms with Gasteiger partial charge in [-0.1, -0.05) is 19.3 Å². The lowest BCUT2D eigenvalue weighted by Gasteiger charge is -2.35. The molecule has 2 aliphatic rings. The highest BCUT2D eigenvalue weighted by Crippen LogP contribution is 2.26. The zero-order valence-corrected chi connectivity index (χ0v) is 13.9. The van der Waals surface area contributed by atoms with Gasteiger partial charge in [-0.25, -0.2) is 0 Å². The average Bonchev–Trinajstić information content (AvgIpc) is 2.60. The van der Waals surface area contributed by atoms with Crippen LogP contribution in [-0.2, 0) is 6.42 Å². The maximum Gasteiger partial charge on any atom is 0.179 e. The fourth-order valence-electron chi connectivity index (χ4n) is 3.86. The van der Waals surface area contributed by atoms with Crippen molar-refractivity contribution in [3.8, 4) is 0 Å². The minimum absolute atomic E-state index is 0.0299. The van der Waals surface area contributed by atoms with Crippen molar-refractivity contribution in [2.24, 2.45) is 0 Å². The molecule has 1 aliphatic heterocycles. The van der Waals surface area contributed by atoms with Crippen LogP contribution in [0.5, 0.6) is 0 Å². The van der Waals surface area contributed by atoms with E-state index in [1.807, 2.05) is 6.07 Å². The summed E-state index contributed by atoms with van der Waals surface area (Å²) < 4.78 is 0. The normalized spacial score (nSPS) is 20.3. The number of ketones is 1. The third-order valence-electron chi connectivity index (χ3n) is 5.47. The zero-order valence-electron chi connectivity index (χ0n) is 13.9. The van der Waals surface area contributed by atoms with E-state index in [9.17, 15) is 4.79 Å². The van der Waals surface area contributed by atoms with Gasteiger partial charge in [0, 0.05) is 23.8 Å². The van der Waals surface area contributed by atoms with Crippen molar-refractivity contribution in [3.63, 3.8) is 0 Å². The number of nitrogens with one attached hydrogen (secondary N) is 1. The number of aryl methyl sites for hydroxylation is 1. The third kappa shape index (κ3) is 3.19. The molecule has 1 atom stereocenters. The number of benzene rings is 1. The second kappa shape index (κ2) is 6.82. The number of carbonyl (C=O) groups excluding carboxylic acids is 1. The van der Waals surface area contributed by atoms with E-state index in [0.29, 0.717) is 6.04 Å². The van der Waals surface area contributed by atoms with Gasteiger partial charge < -0.3 is 5.32 Å². The molecule has 3 rings (SSSR count). The van der Waals surface area contributed by atoms with E-state index < -0.39 is 0 Å². The van der Waals surface area contributed by atoms with Crippen molar-refractivity contribution in [3.05, 3.63) is 29.3 Å². The SMILES string of the molecule is CC(C(=O)c1ccc2c(c1)CCCN2)N(C)C1CCCCC1. The van der Waals surface area contributed by atoms with Crippen molar-refractivity contribution >= 4 is 11.5 Å². The zero-order chi connectivity index (χ0) is 15.5. The van der Waals surface area contributed by atoms with Crippen molar-refractivity contribution < 1.29 is 4.79 Å². The number of fused-ring (bicyclic) bond motifs is 1. The predicted molar refractivity (Wildman–Crippen MR) is 91.7 cm³/mol. The highest BCUT2D eigenvalue weighted by atomic mass is 16.1. The predicted octanol–water partition coefficient (Wildman–Crippen LogP) is 3.88. The molecule has 22 heavy (non-hydrogen) atoms. The maximum atomic E-state index is 12.9. The number of anilines is 1. The van der Waals surface area contributed by atoms with E-state index in [1.54, 1.807) is 0 Å². The average molecular weight is 300 g/mol.